The molecule has 0 bridgehead atoms. The van der Waals surface area contributed by atoms with Crippen molar-refractivity contribution >= 4 is 38.8 Å². The van der Waals surface area contributed by atoms with E-state index in [1.54, 1.807) is 18.2 Å². The minimum Gasteiger partial charge on any atom is -0.293 e. The van der Waals surface area contributed by atoms with E-state index < -0.39 is 5.82 Å². The first kappa shape index (κ1) is 14.2. The third-order valence-corrected chi connectivity index (χ3v) is 4.72. The summed E-state index contributed by atoms with van der Waals surface area (Å²) in [6, 6.07) is 10.4. The SMILES string of the molecule is O=C(Cc1cccc(F)c1Cl)c1cc2cc(F)ccc2s1. The highest BCUT2D eigenvalue weighted by atomic mass is 35.5. The maximum absolute atomic E-state index is 13.4. The normalized spacial score (nSPS) is 11.0. The Morgan fingerprint density at radius 3 is 2.76 bits per heavy atom. The summed E-state index contributed by atoms with van der Waals surface area (Å²) in [6.45, 7) is 0. The van der Waals surface area contributed by atoms with Crippen LogP contribution in [0, 0.1) is 11.6 Å². The second-order valence-electron chi connectivity index (χ2n) is 4.61. The predicted octanol–water partition coefficient (Wildman–Crippen LogP) is 5.26. The second kappa shape index (κ2) is 5.54. The molecule has 0 aliphatic carbocycles. The molecule has 106 valence electrons. The number of carbonyl (C=O) groups is 1. The Balaban J connectivity index is 1.91. The molecule has 5 heteroatoms. The van der Waals surface area contributed by atoms with E-state index in [0.717, 1.165) is 4.70 Å². The molecular formula is C16H9ClF2OS. The Hall–Kier alpha value is -1.78. The summed E-state index contributed by atoms with van der Waals surface area (Å²) in [7, 11) is 0. The van der Waals surface area contributed by atoms with Gasteiger partial charge in [-0.3, -0.25) is 4.79 Å². The van der Waals surface area contributed by atoms with Gasteiger partial charge in [-0.15, -0.1) is 11.3 Å². The van der Waals surface area contributed by atoms with E-state index in [0.29, 0.717) is 15.8 Å². The maximum atomic E-state index is 13.4. The van der Waals surface area contributed by atoms with Gasteiger partial charge in [0.25, 0.3) is 0 Å². The van der Waals surface area contributed by atoms with Gasteiger partial charge in [-0.05, 0) is 41.3 Å². The molecule has 0 N–H and O–H groups in total. The lowest BCUT2D eigenvalue weighted by Crippen LogP contribution is -2.02. The van der Waals surface area contributed by atoms with Crippen LogP contribution in [0.5, 0.6) is 0 Å². The molecule has 0 saturated carbocycles. The number of hydrogen-bond acceptors (Lipinski definition) is 2. The number of fused-ring (bicyclic) bond motifs is 1. The summed E-state index contributed by atoms with van der Waals surface area (Å²) in [5, 5.41) is 0.659. The van der Waals surface area contributed by atoms with Crippen LogP contribution in [0.25, 0.3) is 10.1 Å². The first-order valence-corrected chi connectivity index (χ1v) is 7.39. The predicted molar refractivity (Wildman–Crippen MR) is 81.2 cm³/mol. The molecule has 0 fully saturated rings. The smallest absolute Gasteiger partial charge is 0.177 e. The fourth-order valence-electron chi connectivity index (χ4n) is 2.10. The summed E-state index contributed by atoms with van der Waals surface area (Å²) < 4.78 is 27.4. The molecule has 3 aromatic rings. The molecule has 0 unspecified atom stereocenters. The van der Waals surface area contributed by atoms with Crippen molar-refractivity contribution in [2.75, 3.05) is 0 Å². The molecule has 1 nitrogen and oxygen atoms in total. The van der Waals surface area contributed by atoms with Gasteiger partial charge >= 0.3 is 0 Å². The first-order valence-electron chi connectivity index (χ1n) is 6.20. The van der Waals surface area contributed by atoms with E-state index in [-0.39, 0.29) is 23.0 Å². The Labute approximate surface area is 128 Å². The van der Waals surface area contributed by atoms with Crippen molar-refractivity contribution in [1.82, 2.24) is 0 Å². The second-order valence-corrected chi connectivity index (χ2v) is 6.07. The van der Waals surface area contributed by atoms with Gasteiger partial charge in [-0.2, -0.15) is 0 Å². The van der Waals surface area contributed by atoms with Crippen LogP contribution in [0.4, 0.5) is 8.78 Å². The number of halogens is 3. The van der Waals surface area contributed by atoms with Gasteiger partial charge in [0, 0.05) is 11.1 Å². The summed E-state index contributed by atoms with van der Waals surface area (Å²) in [5.41, 5.74) is 0.449. The highest BCUT2D eigenvalue weighted by Gasteiger charge is 2.14. The average molecular weight is 323 g/mol. The third-order valence-electron chi connectivity index (χ3n) is 3.14. The number of ketones is 1. The Bertz CT molecular complexity index is 841. The van der Waals surface area contributed by atoms with E-state index in [1.165, 1.54) is 35.6 Å². The molecule has 0 spiro atoms. The molecule has 3 rings (SSSR count). The third kappa shape index (κ3) is 2.82. The molecular weight excluding hydrogens is 314 g/mol. The molecule has 0 amide bonds. The molecule has 2 aromatic carbocycles. The van der Waals surface area contributed by atoms with E-state index >= 15 is 0 Å². The monoisotopic (exact) mass is 322 g/mol. The molecule has 1 aromatic heterocycles. The summed E-state index contributed by atoms with van der Waals surface area (Å²) >= 11 is 7.14. The van der Waals surface area contributed by atoms with Crippen LogP contribution in [-0.4, -0.2) is 5.78 Å². The van der Waals surface area contributed by atoms with Gasteiger partial charge in [-0.1, -0.05) is 23.7 Å². The zero-order valence-corrected chi connectivity index (χ0v) is 12.3. The van der Waals surface area contributed by atoms with Crippen LogP contribution < -0.4 is 0 Å². The lowest BCUT2D eigenvalue weighted by atomic mass is 10.1. The highest BCUT2D eigenvalue weighted by molar-refractivity contribution is 7.20. The molecule has 0 saturated heterocycles. The van der Waals surface area contributed by atoms with E-state index in [2.05, 4.69) is 0 Å². The van der Waals surface area contributed by atoms with Crippen molar-refractivity contribution < 1.29 is 13.6 Å². The standard InChI is InChI=1S/C16H9ClF2OS/c17-16-9(2-1-3-12(16)19)7-13(20)15-8-10-6-11(18)4-5-14(10)21-15/h1-6,8H,7H2. The Kier molecular flexibility index (Phi) is 3.74. The van der Waals surface area contributed by atoms with Gasteiger partial charge in [0.15, 0.2) is 5.78 Å². The molecule has 0 radical (unpaired) electrons. The van der Waals surface area contributed by atoms with Gasteiger partial charge in [-0.25, -0.2) is 8.78 Å². The molecule has 21 heavy (non-hydrogen) atoms. The Morgan fingerprint density at radius 2 is 1.95 bits per heavy atom. The average Bonchev–Trinajstić information content (AvgIpc) is 2.87. The van der Waals surface area contributed by atoms with Crippen LogP contribution in [-0.2, 0) is 6.42 Å². The fraction of sp³-hybridized carbons (Fsp3) is 0.0625. The largest absolute Gasteiger partial charge is 0.293 e. The lowest BCUT2D eigenvalue weighted by Gasteiger charge is -2.03. The van der Waals surface area contributed by atoms with E-state index in [9.17, 15) is 13.6 Å². The number of benzene rings is 2. The van der Waals surface area contributed by atoms with Crippen LogP contribution in [0.3, 0.4) is 0 Å². The van der Waals surface area contributed by atoms with Crippen LogP contribution in [0.1, 0.15) is 15.2 Å². The zero-order chi connectivity index (χ0) is 15.0. The molecule has 0 atom stereocenters. The van der Waals surface area contributed by atoms with E-state index in [1.807, 2.05) is 0 Å². The van der Waals surface area contributed by atoms with E-state index in [4.69, 9.17) is 11.6 Å². The minimum atomic E-state index is -0.541. The van der Waals surface area contributed by atoms with Gasteiger partial charge in [0.2, 0.25) is 0 Å². The highest BCUT2D eigenvalue weighted by Crippen LogP contribution is 2.28. The maximum Gasteiger partial charge on any atom is 0.177 e. The number of hydrogen-bond donors (Lipinski definition) is 0. The van der Waals surface area contributed by atoms with Crippen molar-refractivity contribution in [3.05, 3.63) is 69.6 Å². The molecule has 1 heterocycles. The van der Waals surface area contributed by atoms with Crippen molar-refractivity contribution in [1.29, 1.82) is 0 Å². The van der Waals surface area contributed by atoms with Gasteiger partial charge in [0.1, 0.15) is 11.6 Å². The fourth-order valence-corrected chi connectivity index (χ4v) is 3.27. The number of thiophene rings is 1. The number of rotatable bonds is 3. The van der Waals surface area contributed by atoms with Gasteiger partial charge in [0.05, 0.1) is 9.90 Å². The summed E-state index contributed by atoms with van der Waals surface area (Å²) in [4.78, 5) is 12.8. The molecule has 0 aliphatic heterocycles. The van der Waals surface area contributed by atoms with Crippen LogP contribution in [0.2, 0.25) is 5.02 Å². The first-order chi connectivity index (χ1) is 10.0. The molecule has 0 aliphatic rings. The lowest BCUT2D eigenvalue weighted by molar-refractivity contribution is 0.0997. The van der Waals surface area contributed by atoms with Crippen molar-refractivity contribution in [2.24, 2.45) is 0 Å². The van der Waals surface area contributed by atoms with Crippen LogP contribution in [0.15, 0.2) is 42.5 Å². The van der Waals surface area contributed by atoms with Gasteiger partial charge < -0.3 is 0 Å². The van der Waals surface area contributed by atoms with Crippen LogP contribution >= 0.6 is 22.9 Å². The van der Waals surface area contributed by atoms with Crippen molar-refractivity contribution in [3.8, 4) is 0 Å². The van der Waals surface area contributed by atoms with Crippen molar-refractivity contribution in [2.45, 2.75) is 6.42 Å². The van der Waals surface area contributed by atoms with Crippen molar-refractivity contribution in [3.63, 3.8) is 0 Å². The summed E-state index contributed by atoms with van der Waals surface area (Å²) in [5.74, 6) is -1.04. The number of carbonyl (C=O) groups excluding carboxylic acids is 1. The number of Topliss-reactive ketones (excluding diaryl/α,β-unsaturated/α-hetero) is 1. The Morgan fingerprint density at radius 1 is 1.14 bits per heavy atom. The quantitative estimate of drug-likeness (QED) is 0.601. The topological polar surface area (TPSA) is 17.1 Å². The zero-order valence-electron chi connectivity index (χ0n) is 10.7. The minimum absolute atomic E-state index is 0.0197. The summed E-state index contributed by atoms with van der Waals surface area (Å²) in [6.07, 6.45) is 0.0197.